The number of amides is 4. The first-order chi connectivity index (χ1) is 17.5. The van der Waals surface area contributed by atoms with E-state index in [1.807, 2.05) is 31.7 Å². The lowest BCUT2D eigenvalue weighted by Gasteiger charge is -2.38. The van der Waals surface area contributed by atoms with Crippen LogP contribution in [0.15, 0.2) is 48.2 Å². The summed E-state index contributed by atoms with van der Waals surface area (Å²) < 4.78 is 5.45. The van der Waals surface area contributed by atoms with Crippen molar-refractivity contribution in [2.45, 2.75) is 45.7 Å². The normalized spacial score (nSPS) is 19.3. The molecule has 1 saturated heterocycles. The molecule has 10 heteroatoms. The van der Waals surface area contributed by atoms with E-state index in [0.29, 0.717) is 54.6 Å². The molecule has 2 aliphatic rings. The summed E-state index contributed by atoms with van der Waals surface area (Å²) >= 11 is 6.24. The molecule has 0 aliphatic carbocycles. The van der Waals surface area contributed by atoms with Crippen LogP contribution < -0.4 is 10.6 Å². The van der Waals surface area contributed by atoms with Gasteiger partial charge >= 0.3 is 18.0 Å². The number of benzene rings is 1. The Morgan fingerprint density at radius 2 is 2.00 bits per heavy atom. The van der Waals surface area contributed by atoms with E-state index >= 15 is 0 Å². The molecule has 1 unspecified atom stereocenters. The molecule has 1 aromatic rings. The zero-order chi connectivity index (χ0) is 27.2. The van der Waals surface area contributed by atoms with Crippen molar-refractivity contribution in [1.82, 2.24) is 25.3 Å². The Morgan fingerprint density at radius 3 is 2.65 bits per heavy atom. The number of nitrogens with one attached hydrogen (secondary N) is 2. The molecule has 4 amide bonds. The van der Waals surface area contributed by atoms with E-state index < -0.39 is 12.0 Å². The van der Waals surface area contributed by atoms with Crippen molar-refractivity contribution >= 4 is 29.6 Å². The van der Waals surface area contributed by atoms with Gasteiger partial charge in [-0.25, -0.2) is 14.4 Å². The lowest BCUT2D eigenvalue weighted by atomic mass is 9.94. The molecule has 2 heterocycles. The van der Waals surface area contributed by atoms with E-state index in [1.165, 1.54) is 4.90 Å². The van der Waals surface area contributed by atoms with Crippen LogP contribution in [-0.2, 0) is 9.53 Å². The number of rotatable bonds is 7. The topological polar surface area (TPSA) is 94.2 Å². The number of halogens is 1. The maximum atomic E-state index is 13.3. The number of carbonyl (C=O) groups excluding carboxylic acids is 3. The van der Waals surface area contributed by atoms with Gasteiger partial charge in [0.15, 0.2) is 0 Å². The molecule has 202 valence electrons. The molecule has 2 N–H and O–H groups in total. The summed E-state index contributed by atoms with van der Waals surface area (Å²) in [5, 5.41) is 6.48. The summed E-state index contributed by atoms with van der Waals surface area (Å²) in [5.41, 5.74) is 1.32. The molecule has 37 heavy (non-hydrogen) atoms. The Kier molecular flexibility index (Phi) is 9.62. The number of hydrogen-bond donors (Lipinski definition) is 2. The molecule has 1 fully saturated rings. The predicted molar refractivity (Wildman–Crippen MR) is 144 cm³/mol. The summed E-state index contributed by atoms with van der Waals surface area (Å²) in [6.45, 7) is 14.7. The predicted octanol–water partition coefficient (Wildman–Crippen LogP) is 3.93. The van der Waals surface area contributed by atoms with Crippen LogP contribution in [0.2, 0.25) is 5.02 Å². The van der Waals surface area contributed by atoms with Gasteiger partial charge in [0.05, 0.1) is 18.2 Å². The summed E-state index contributed by atoms with van der Waals surface area (Å²) in [6, 6.07) is 5.98. The number of ether oxygens (including phenoxy) is 1. The van der Waals surface area contributed by atoms with Gasteiger partial charge in [-0.1, -0.05) is 29.8 Å². The van der Waals surface area contributed by atoms with Gasteiger partial charge < -0.3 is 20.3 Å². The van der Waals surface area contributed by atoms with Crippen LogP contribution in [0, 0.1) is 0 Å². The maximum Gasteiger partial charge on any atom is 0.338 e. The van der Waals surface area contributed by atoms with Crippen molar-refractivity contribution < 1.29 is 19.1 Å². The van der Waals surface area contributed by atoms with Crippen molar-refractivity contribution in [3.05, 3.63) is 58.8 Å². The van der Waals surface area contributed by atoms with Crippen molar-refractivity contribution in [2.75, 3.05) is 45.9 Å². The van der Waals surface area contributed by atoms with Crippen LogP contribution in [0.4, 0.5) is 9.59 Å². The van der Waals surface area contributed by atoms with Gasteiger partial charge in [0, 0.05) is 55.5 Å². The van der Waals surface area contributed by atoms with Gasteiger partial charge in [0.25, 0.3) is 0 Å². The van der Waals surface area contributed by atoms with Crippen LogP contribution in [0.5, 0.6) is 0 Å². The van der Waals surface area contributed by atoms with Crippen LogP contribution in [-0.4, -0.2) is 84.1 Å². The van der Waals surface area contributed by atoms with Gasteiger partial charge in [-0.2, -0.15) is 0 Å². The summed E-state index contributed by atoms with van der Waals surface area (Å²) in [6.07, 6.45) is 2.40. The minimum absolute atomic E-state index is 0.0906. The fourth-order valence-electron chi connectivity index (χ4n) is 4.53. The smallest absolute Gasteiger partial charge is 0.338 e. The highest BCUT2D eigenvalue weighted by Gasteiger charge is 2.38. The second-order valence-electron chi connectivity index (χ2n) is 10.2. The molecule has 3 rings (SSSR count). The first kappa shape index (κ1) is 28.5. The van der Waals surface area contributed by atoms with Gasteiger partial charge in [-0.15, -0.1) is 6.58 Å². The summed E-state index contributed by atoms with van der Waals surface area (Å²) in [7, 11) is 0. The zero-order valence-corrected chi connectivity index (χ0v) is 22.9. The van der Waals surface area contributed by atoms with Gasteiger partial charge in [-0.05, 0) is 51.8 Å². The molecule has 0 bridgehead atoms. The van der Waals surface area contributed by atoms with Crippen LogP contribution >= 0.6 is 11.6 Å². The second kappa shape index (κ2) is 12.5. The van der Waals surface area contributed by atoms with Crippen LogP contribution in [0.3, 0.4) is 0 Å². The van der Waals surface area contributed by atoms with E-state index in [2.05, 4.69) is 22.1 Å². The third-order valence-corrected chi connectivity index (χ3v) is 6.39. The fourth-order valence-corrected chi connectivity index (χ4v) is 4.72. The lowest BCUT2D eigenvalue weighted by molar-refractivity contribution is -0.139. The monoisotopic (exact) mass is 531 g/mol. The molecule has 0 radical (unpaired) electrons. The summed E-state index contributed by atoms with van der Waals surface area (Å²) in [4.78, 5) is 44.8. The Balaban J connectivity index is 1.95. The summed E-state index contributed by atoms with van der Waals surface area (Å²) in [5.74, 6) is -0.488. The van der Waals surface area contributed by atoms with E-state index in [4.69, 9.17) is 16.3 Å². The zero-order valence-electron chi connectivity index (χ0n) is 22.2. The molecule has 0 spiro atoms. The standard InChI is InChI=1S/C27H38ClN5O4/c1-6-12-33-21(18-31-13-9-14-32(16-15-31)26(36)30-27(3,4)5)22(24(34)37-7-2)23(29-25(33)35)19-10-8-11-20(28)17-19/h6,8,10-11,17,23H,1,7,9,12-16,18H2,2-5H3,(H,29,35)(H,30,36). The molecule has 1 aromatic carbocycles. The molecular weight excluding hydrogens is 494 g/mol. The van der Waals surface area contributed by atoms with Crippen LogP contribution in [0.25, 0.3) is 0 Å². The molecule has 0 aromatic heterocycles. The molecular formula is C27H38ClN5O4. The Morgan fingerprint density at radius 1 is 1.24 bits per heavy atom. The van der Waals surface area contributed by atoms with Gasteiger partial charge in [-0.3, -0.25) is 9.80 Å². The third-order valence-electron chi connectivity index (χ3n) is 6.16. The quantitative estimate of drug-likeness (QED) is 0.411. The Bertz CT molecular complexity index is 1050. The highest BCUT2D eigenvalue weighted by Crippen LogP contribution is 2.33. The highest BCUT2D eigenvalue weighted by atomic mass is 35.5. The van der Waals surface area contributed by atoms with Crippen molar-refractivity contribution in [2.24, 2.45) is 0 Å². The number of carbonyl (C=O) groups is 3. The average molecular weight is 532 g/mol. The minimum atomic E-state index is -0.706. The van der Waals surface area contributed by atoms with Crippen LogP contribution in [0.1, 0.15) is 45.7 Å². The van der Waals surface area contributed by atoms with E-state index in [1.54, 1.807) is 31.2 Å². The molecule has 2 aliphatic heterocycles. The largest absolute Gasteiger partial charge is 0.463 e. The Hall–Kier alpha value is -3.04. The van der Waals surface area contributed by atoms with E-state index in [-0.39, 0.29) is 30.8 Å². The van der Waals surface area contributed by atoms with Gasteiger partial charge in [0.1, 0.15) is 0 Å². The first-order valence-corrected chi connectivity index (χ1v) is 13.1. The van der Waals surface area contributed by atoms with Crippen molar-refractivity contribution in [3.63, 3.8) is 0 Å². The number of esters is 1. The van der Waals surface area contributed by atoms with Crippen molar-refractivity contribution in [3.8, 4) is 0 Å². The minimum Gasteiger partial charge on any atom is -0.463 e. The SMILES string of the molecule is C=CCN1C(=O)NC(c2cccc(Cl)c2)C(C(=O)OCC)=C1CN1CCCN(C(=O)NC(C)(C)C)CC1. The number of nitrogens with zero attached hydrogens (tertiary/aromatic N) is 3. The number of urea groups is 2. The molecule has 9 nitrogen and oxygen atoms in total. The molecule has 1 atom stereocenters. The first-order valence-electron chi connectivity index (χ1n) is 12.7. The third kappa shape index (κ3) is 7.49. The van der Waals surface area contributed by atoms with Gasteiger partial charge in [0.2, 0.25) is 0 Å². The lowest BCUT2D eigenvalue weighted by Crippen LogP contribution is -2.51. The van der Waals surface area contributed by atoms with Crippen molar-refractivity contribution in [1.29, 1.82) is 0 Å². The average Bonchev–Trinajstić information content (AvgIpc) is 3.06. The van der Waals surface area contributed by atoms with E-state index in [0.717, 1.165) is 6.42 Å². The van der Waals surface area contributed by atoms with E-state index in [9.17, 15) is 14.4 Å². The maximum absolute atomic E-state index is 13.3. The Labute approximate surface area is 224 Å². The number of hydrogen-bond acceptors (Lipinski definition) is 5. The second-order valence-corrected chi connectivity index (χ2v) is 10.7. The highest BCUT2D eigenvalue weighted by molar-refractivity contribution is 6.30. The molecule has 0 saturated carbocycles. The fraction of sp³-hybridized carbons (Fsp3) is 0.519.